The normalized spacial score (nSPS) is 19.0. The summed E-state index contributed by atoms with van der Waals surface area (Å²) in [5.41, 5.74) is 1.61. The second-order valence-corrected chi connectivity index (χ2v) is 7.22. The minimum absolute atomic E-state index is 0. The summed E-state index contributed by atoms with van der Waals surface area (Å²) in [6.07, 6.45) is 2.22. The highest BCUT2D eigenvalue weighted by molar-refractivity contribution is 6.31. The van der Waals surface area contributed by atoms with Gasteiger partial charge in [0, 0.05) is 37.5 Å². The van der Waals surface area contributed by atoms with E-state index in [0.29, 0.717) is 22.8 Å². The van der Waals surface area contributed by atoms with Crippen molar-refractivity contribution in [3.8, 4) is 5.75 Å². The Balaban J connectivity index is 0.00000182. The van der Waals surface area contributed by atoms with Crippen LogP contribution in [-0.4, -0.2) is 29.4 Å². The van der Waals surface area contributed by atoms with Crippen LogP contribution in [0.2, 0.25) is 5.02 Å². The van der Waals surface area contributed by atoms with Crippen molar-refractivity contribution in [2.75, 3.05) is 13.1 Å². The van der Waals surface area contributed by atoms with E-state index in [4.69, 9.17) is 16.3 Å². The van der Waals surface area contributed by atoms with Crippen LogP contribution in [0.25, 0.3) is 0 Å². The fraction of sp³-hybridized carbons (Fsp3) is 0.350. The number of carbonyl (C=O) groups is 1. The highest BCUT2D eigenvalue weighted by Crippen LogP contribution is 2.40. The van der Waals surface area contributed by atoms with Crippen molar-refractivity contribution < 1.29 is 9.53 Å². The molecule has 0 N–H and O–H groups in total. The molecule has 1 saturated heterocycles. The average Bonchev–Trinajstić information content (AvgIpc) is 2.59. The molecule has 2 aliphatic heterocycles. The lowest BCUT2D eigenvalue weighted by molar-refractivity contribution is -0.0107. The molecule has 0 saturated carbocycles. The number of hydrogen-bond donors (Lipinski definition) is 0. The van der Waals surface area contributed by atoms with E-state index < -0.39 is 0 Å². The van der Waals surface area contributed by atoms with E-state index in [1.54, 1.807) is 12.1 Å². The number of ether oxygens (including phenoxy) is 1. The van der Waals surface area contributed by atoms with Crippen molar-refractivity contribution in [2.24, 2.45) is 0 Å². The molecule has 4 rings (SSSR count). The number of rotatable bonds is 2. The fourth-order valence-electron chi connectivity index (χ4n) is 3.71. The van der Waals surface area contributed by atoms with Gasteiger partial charge in [-0.2, -0.15) is 0 Å². The quantitative estimate of drug-likeness (QED) is 0.755. The first-order valence-electron chi connectivity index (χ1n) is 8.42. The lowest BCUT2D eigenvalue weighted by Crippen LogP contribution is -2.50. The average molecular weight is 378 g/mol. The number of hydrogen-bond acceptors (Lipinski definition) is 3. The van der Waals surface area contributed by atoms with E-state index in [1.807, 2.05) is 12.1 Å². The molecule has 1 fully saturated rings. The van der Waals surface area contributed by atoms with Gasteiger partial charge in [-0.15, -0.1) is 12.4 Å². The minimum Gasteiger partial charge on any atom is -0.486 e. The Bertz CT molecular complexity index is 756. The molecule has 0 amide bonds. The third-order valence-corrected chi connectivity index (χ3v) is 5.30. The van der Waals surface area contributed by atoms with Gasteiger partial charge < -0.3 is 4.74 Å². The summed E-state index contributed by atoms with van der Waals surface area (Å²) in [7, 11) is 0. The summed E-state index contributed by atoms with van der Waals surface area (Å²) in [6, 6.07) is 15.8. The van der Waals surface area contributed by atoms with Crippen molar-refractivity contribution in [3.05, 3.63) is 64.7 Å². The van der Waals surface area contributed by atoms with Gasteiger partial charge in [-0.3, -0.25) is 9.69 Å². The van der Waals surface area contributed by atoms with Crippen molar-refractivity contribution in [2.45, 2.75) is 31.4 Å². The smallest absolute Gasteiger partial charge is 0.170 e. The number of ketones is 1. The van der Waals surface area contributed by atoms with E-state index in [2.05, 4.69) is 29.2 Å². The van der Waals surface area contributed by atoms with E-state index in [-0.39, 0.29) is 23.8 Å². The first-order valence-corrected chi connectivity index (χ1v) is 8.79. The second kappa shape index (κ2) is 7.36. The minimum atomic E-state index is -0.342. The van der Waals surface area contributed by atoms with Crippen molar-refractivity contribution in [1.29, 1.82) is 0 Å². The maximum Gasteiger partial charge on any atom is 0.170 e. The fourth-order valence-corrected chi connectivity index (χ4v) is 3.88. The number of likely N-dealkylation sites (tertiary alicyclic amines) is 1. The molecule has 3 nitrogen and oxygen atoms in total. The largest absolute Gasteiger partial charge is 0.486 e. The standard InChI is InChI=1S/C20H20ClNO2.ClH/c21-16-6-7-19-17(12-16)18(23)13-20(24-19)8-10-22(11-9-20)14-15-4-2-1-3-5-15;/h1-7,12H,8-11,13-14H2;1H. The molecule has 2 aromatic rings. The Morgan fingerprint density at radius 3 is 2.52 bits per heavy atom. The predicted octanol–water partition coefficient (Wildman–Crippen LogP) is 4.76. The molecular formula is C20H21Cl2NO2. The van der Waals surface area contributed by atoms with Gasteiger partial charge in [0.05, 0.1) is 12.0 Å². The van der Waals surface area contributed by atoms with E-state index in [9.17, 15) is 4.79 Å². The zero-order valence-electron chi connectivity index (χ0n) is 13.9. The number of nitrogens with zero attached hydrogens (tertiary/aromatic N) is 1. The highest BCUT2D eigenvalue weighted by atomic mass is 35.5. The van der Waals surface area contributed by atoms with Crippen LogP contribution in [0.1, 0.15) is 35.2 Å². The Kier molecular flexibility index (Phi) is 5.38. The van der Waals surface area contributed by atoms with Gasteiger partial charge in [-0.1, -0.05) is 41.9 Å². The number of halogens is 2. The molecule has 25 heavy (non-hydrogen) atoms. The Labute approximate surface area is 159 Å². The van der Waals surface area contributed by atoms with Crippen molar-refractivity contribution in [3.63, 3.8) is 0 Å². The van der Waals surface area contributed by atoms with Crippen LogP contribution in [0.4, 0.5) is 0 Å². The van der Waals surface area contributed by atoms with Gasteiger partial charge in [0.2, 0.25) is 0 Å². The van der Waals surface area contributed by atoms with E-state index >= 15 is 0 Å². The summed E-state index contributed by atoms with van der Waals surface area (Å²) < 4.78 is 6.28. The zero-order valence-corrected chi connectivity index (χ0v) is 15.5. The van der Waals surface area contributed by atoms with Gasteiger partial charge in [0.25, 0.3) is 0 Å². The zero-order chi connectivity index (χ0) is 16.6. The van der Waals surface area contributed by atoms with Gasteiger partial charge in [0.15, 0.2) is 5.78 Å². The van der Waals surface area contributed by atoms with Gasteiger partial charge in [-0.25, -0.2) is 0 Å². The van der Waals surface area contributed by atoms with Gasteiger partial charge in [0.1, 0.15) is 11.4 Å². The predicted molar refractivity (Wildman–Crippen MR) is 102 cm³/mol. The third kappa shape index (κ3) is 3.84. The summed E-state index contributed by atoms with van der Waals surface area (Å²) in [5, 5.41) is 0.583. The number of fused-ring (bicyclic) bond motifs is 1. The Hall–Kier alpha value is -1.55. The number of piperidine rings is 1. The lowest BCUT2D eigenvalue weighted by atomic mass is 9.82. The van der Waals surface area contributed by atoms with Crippen LogP contribution in [-0.2, 0) is 6.54 Å². The molecule has 0 bridgehead atoms. The Morgan fingerprint density at radius 1 is 1.08 bits per heavy atom. The number of benzene rings is 2. The molecule has 0 radical (unpaired) electrons. The van der Waals surface area contributed by atoms with Crippen LogP contribution < -0.4 is 4.74 Å². The topological polar surface area (TPSA) is 29.5 Å². The maximum absolute atomic E-state index is 12.5. The van der Waals surface area contributed by atoms with E-state index in [1.165, 1.54) is 5.56 Å². The highest BCUT2D eigenvalue weighted by Gasteiger charge is 2.42. The first-order chi connectivity index (χ1) is 11.6. The van der Waals surface area contributed by atoms with Crippen LogP contribution in [0.5, 0.6) is 5.75 Å². The molecule has 5 heteroatoms. The summed E-state index contributed by atoms with van der Waals surface area (Å²) in [4.78, 5) is 15.0. The second-order valence-electron chi connectivity index (χ2n) is 6.79. The Morgan fingerprint density at radius 2 is 1.80 bits per heavy atom. The maximum atomic E-state index is 12.5. The van der Waals surface area contributed by atoms with Crippen LogP contribution in [0.15, 0.2) is 48.5 Å². The van der Waals surface area contributed by atoms with Crippen LogP contribution >= 0.6 is 24.0 Å². The monoisotopic (exact) mass is 377 g/mol. The lowest BCUT2D eigenvalue weighted by Gasteiger charge is -2.44. The number of carbonyl (C=O) groups excluding carboxylic acids is 1. The SMILES string of the molecule is Cl.O=C1CC2(CCN(Cc3ccccc3)CC2)Oc2ccc(Cl)cc21. The molecular weight excluding hydrogens is 357 g/mol. The van der Waals surface area contributed by atoms with Crippen LogP contribution in [0.3, 0.4) is 0 Å². The summed E-state index contributed by atoms with van der Waals surface area (Å²) >= 11 is 6.00. The van der Waals surface area contributed by atoms with Crippen molar-refractivity contribution in [1.82, 2.24) is 4.90 Å². The van der Waals surface area contributed by atoms with Gasteiger partial charge in [-0.05, 0) is 23.8 Å². The molecule has 132 valence electrons. The molecule has 1 spiro atoms. The van der Waals surface area contributed by atoms with E-state index in [0.717, 1.165) is 32.5 Å². The molecule has 2 aromatic carbocycles. The molecule has 0 aliphatic carbocycles. The summed E-state index contributed by atoms with van der Waals surface area (Å²) in [5.74, 6) is 0.836. The summed E-state index contributed by atoms with van der Waals surface area (Å²) in [6.45, 7) is 2.85. The van der Waals surface area contributed by atoms with Gasteiger partial charge >= 0.3 is 0 Å². The molecule has 0 aromatic heterocycles. The molecule has 2 heterocycles. The van der Waals surface area contributed by atoms with Crippen molar-refractivity contribution >= 4 is 29.8 Å². The molecule has 2 aliphatic rings. The first kappa shape index (κ1) is 18.2. The third-order valence-electron chi connectivity index (χ3n) is 5.07. The molecule has 0 unspecified atom stereocenters. The number of Topliss-reactive ketones (excluding diaryl/α,β-unsaturated/α-hetero) is 1. The molecule has 0 atom stereocenters. The van der Waals surface area contributed by atoms with Crippen LogP contribution in [0, 0.1) is 0 Å².